The maximum Gasteiger partial charge on any atom is 0.410 e. The van der Waals surface area contributed by atoms with Crippen LogP contribution in [0.2, 0.25) is 0 Å². The van der Waals surface area contributed by atoms with Crippen LogP contribution in [-0.4, -0.2) is 63.5 Å². The highest BCUT2D eigenvalue weighted by Gasteiger charge is 2.48. The highest BCUT2D eigenvalue weighted by atomic mass is 16.6. The van der Waals surface area contributed by atoms with Crippen LogP contribution in [0, 0.1) is 35.5 Å². The van der Waals surface area contributed by atoms with Crippen LogP contribution >= 0.6 is 0 Å². The summed E-state index contributed by atoms with van der Waals surface area (Å²) in [6, 6.07) is 5.35. The van der Waals surface area contributed by atoms with Gasteiger partial charge in [-0.3, -0.25) is 4.79 Å². The molecule has 8 heteroatoms. The summed E-state index contributed by atoms with van der Waals surface area (Å²) in [6.45, 7) is 2.36. The number of nitrogens with one attached hydrogen (secondary N) is 1. The lowest BCUT2D eigenvalue weighted by Gasteiger charge is -2.54. The molecule has 2 amide bonds. The number of carbonyl (C=O) groups excluding carboxylic acids is 2. The smallest absolute Gasteiger partial charge is 0.410 e. The Kier molecular flexibility index (Phi) is 4.33. The van der Waals surface area contributed by atoms with E-state index >= 15 is 0 Å². The summed E-state index contributed by atoms with van der Waals surface area (Å²) in [5.41, 5.74) is 3.16. The van der Waals surface area contributed by atoms with Crippen molar-refractivity contribution in [3.63, 3.8) is 0 Å². The van der Waals surface area contributed by atoms with Gasteiger partial charge in [-0.15, -0.1) is 0 Å². The van der Waals surface area contributed by atoms with Crippen LogP contribution in [0.15, 0.2) is 30.0 Å². The molecular weight excluding hydrogens is 418 g/mol. The van der Waals surface area contributed by atoms with Crippen molar-refractivity contribution in [1.82, 2.24) is 25.2 Å². The average Bonchev–Trinajstić information content (AvgIpc) is 3.51. The van der Waals surface area contributed by atoms with E-state index in [1.165, 1.54) is 32.1 Å². The van der Waals surface area contributed by atoms with Crippen LogP contribution in [0.25, 0.3) is 11.0 Å². The minimum Gasteiger partial charge on any atom is -0.449 e. The molecule has 8 rings (SSSR count). The Labute approximate surface area is 192 Å². The lowest BCUT2D eigenvalue weighted by molar-refractivity contribution is -0.0616. The average molecular weight is 448 g/mol. The van der Waals surface area contributed by atoms with Gasteiger partial charge in [0.15, 0.2) is 0 Å². The number of H-pyrrole nitrogens is 1. The number of hydrogen-bond acceptors (Lipinski definition) is 5. The number of hydrogen-bond donors (Lipinski definition) is 1. The van der Waals surface area contributed by atoms with Gasteiger partial charge in [0.1, 0.15) is 11.0 Å². The number of likely N-dealkylation sites (tertiary alicyclic amines) is 1. The Bertz CT molecular complexity index is 1130. The second-order valence-corrected chi connectivity index (χ2v) is 10.9. The predicted molar refractivity (Wildman–Crippen MR) is 120 cm³/mol. The molecule has 6 aliphatic rings. The number of amides is 2. The predicted octanol–water partition coefficient (Wildman–Crippen LogP) is 3.44. The number of carbonyl (C=O) groups is 2. The van der Waals surface area contributed by atoms with E-state index < -0.39 is 0 Å². The Morgan fingerprint density at radius 3 is 2.52 bits per heavy atom. The Balaban J connectivity index is 0.967. The van der Waals surface area contributed by atoms with Gasteiger partial charge in [-0.2, -0.15) is 15.4 Å². The summed E-state index contributed by atoms with van der Waals surface area (Å²) in [7, 11) is 0. The third-order valence-corrected chi connectivity index (χ3v) is 8.98. The van der Waals surface area contributed by atoms with Crippen molar-refractivity contribution in [3.05, 3.63) is 35.5 Å². The molecule has 1 aromatic heterocycles. The molecule has 0 unspecified atom stereocenters. The van der Waals surface area contributed by atoms with Crippen molar-refractivity contribution in [2.24, 2.45) is 35.5 Å². The van der Waals surface area contributed by atoms with Gasteiger partial charge in [0.25, 0.3) is 5.91 Å². The molecule has 1 N–H and O–H groups in total. The van der Waals surface area contributed by atoms with Crippen molar-refractivity contribution >= 4 is 23.0 Å². The molecule has 4 aliphatic carbocycles. The van der Waals surface area contributed by atoms with Gasteiger partial charge in [0.05, 0.1) is 6.61 Å². The van der Waals surface area contributed by atoms with Crippen LogP contribution in [0.5, 0.6) is 0 Å². The molecule has 4 saturated carbocycles. The van der Waals surface area contributed by atoms with Gasteiger partial charge >= 0.3 is 6.09 Å². The van der Waals surface area contributed by atoms with E-state index in [0.29, 0.717) is 43.2 Å². The van der Waals surface area contributed by atoms with Gasteiger partial charge in [0, 0.05) is 37.3 Å². The molecule has 8 nitrogen and oxygen atoms in total. The Hall–Kier alpha value is -2.90. The topological polar surface area (TPSA) is 91.4 Å². The fourth-order valence-corrected chi connectivity index (χ4v) is 7.60. The molecule has 2 aromatic rings. The van der Waals surface area contributed by atoms with Crippen molar-refractivity contribution in [2.75, 3.05) is 26.2 Å². The van der Waals surface area contributed by atoms with E-state index in [4.69, 9.17) is 4.74 Å². The zero-order chi connectivity index (χ0) is 22.1. The number of ether oxygens (including phenoxy) is 1. The molecule has 0 spiro atoms. The lowest BCUT2D eigenvalue weighted by atomic mass is 9.52. The Morgan fingerprint density at radius 1 is 1.00 bits per heavy atom. The number of benzene rings is 1. The summed E-state index contributed by atoms with van der Waals surface area (Å²) in [6.07, 6.45) is 8.57. The number of aromatic nitrogens is 3. The fourth-order valence-electron chi connectivity index (χ4n) is 7.60. The van der Waals surface area contributed by atoms with E-state index in [1.807, 2.05) is 11.1 Å². The number of fused-ring (bicyclic) bond motifs is 2. The van der Waals surface area contributed by atoms with Crippen LogP contribution < -0.4 is 0 Å². The van der Waals surface area contributed by atoms with E-state index in [-0.39, 0.29) is 17.9 Å². The zero-order valence-corrected chi connectivity index (χ0v) is 18.7. The number of nitrogens with zero attached hydrogens (tertiary/aromatic N) is 4. The SMILES string of the molecule is O=C(c1ccc2n[nH]nc2c1)N1C=C2CN(C(=O)OCC3C4CC5CC(C4)CC3C5)C[C@@H]2C1. The highest BCUT2D eigenvalue weighted by Crippen LogP contribution is 2.56. The minimum atomic E-state index is -0.187. The van der Waals surface area contributed by atoms with Gasteiger partial charge in [0.2, 0.25) is 0 Å². The molecule has 172 valence electrons. The number of aromatic amines is 1. The third-order valence-electron chi connectivity index (χ3n) is 8.98. The molecule has 1 atom stereocenters. The lowest BCUT2D eigenvalue weighted by Crippen LogP contribution is -2.47. The minimum absolute atomic E-state index is 0.0437. The van der Waals surface area contributed by atoms with E-state index in [1.54, 1.807) is 23.1 Å². The summed E-state index contributed by atoms with van der Waals surface area (Å²) >= 11 is 0. The van der Waals surface area contributed by atoms with Crippen molar-refractivity contribution in [1.29, 1.82) is 0 Å². The van der Waals surface area contributed by atoms with Gasteiger partial charge in [-0.25, -0.2) is 4.79 Å². The normalized spacial score (nSPS) is 34.1. The first-order valence-electron chi connectivity index (χ1n) is 12.3. The van der Waals surface area contributed by atoms with Crippen LogP contribution in [0.4, 0.5) is 4.79 Å². The van der Waals surface area contributed by atoms with Gasteiger partial charge < -0.3 is 14.5 Å². The zero-order valence-electron chi connectivity index (χ0n) is 18.7. The third kappa shape index (κ3) is 3.25. The molecule has 4 bridgehead atoms. The summed E-state index contributed by atoms with van der Waals surface area (Å²) < 4.78 is 5.86. The first-order chi connectivity index (χ1) is 16.1. The van der Waals surface area contributed by atoms with E-state index in [2.05, 4.69) is 15.4 Å². The second-order valence-electron chi connectivity index (χ2n) is 10.9. The molecule has 5 fully saturated rings. The van der Waals surface area contributed by atoms with E-state index in [0.717, 1.165) is 34.8 Å². The monoisotopic (exact) mass is 447 g/mol. The molecule has 0 radical (unpaired) electrons. The standard InChI is InChI=1S/C25H29N5O3/c31-24(16-1-2-22-23(8-16)27-28-26-22)29-9-19-11-30(12-20(19)10-29)25(32)33-13-21-17-4-14-3-15(6-17)7-18(21)5-14/h1-2,8-9,14-15,17-18,20-21H,3-7,10-13H2,(H,26,27,28)/t14?,15?,17?,18?,20-,21?/m0/s1. The summed E-state index contributed by atoms with van der Waals surface area (Å²) in [4.78, 5) is 29.4. The molecule has 1 saturated heterocycles. The number of rotatable bonds is 3. The molecule has 2 aliphatic heterocycles. The van der Waals surface area contributed by atoms with E-state index in [9.17, 15) is 9.59 Å². The largest absolute Gasteiger partial charge is 0.449 e. The van der Waals surface area contributed by atoms with Crippen LogP contribution in [-0.2, 0) is 4.74 Å². The van der Waals surface area contributed by atoms with Crippen molar-refractivity contribution in [3.8, 4) is 0 Å². The molecule has 33 heavy (non-hydrogen) atoms. The van der Waals surface area contributed by atoms with Gasteiger partial charge in [-0.05, 0) is 85.5 Å². The molecular formula is C25H29N5O3. The summed E-state index contributed by atoms with van der Waals surface area (Å²) in [5, 5.41) is 10.7. The van der Waals surface area contributed by atoms with Crippen LogP contribution in [0.3, 0.4) is 0 Å². The summed E-state index contributed by atoms with van der Waals surface area (Å²) in [5.74, 6) is 4.13. The van der Waals surface area contributed by atoms with Crippen LogP contribution in [0.1, 0.15) is 42.5 Å². The maximum absolute atomic E-state index is 13.0. The van der Waals surface area contributed by atoms with Crippen molar-refractivity contribution in [2.45, 2.75) is 32.1 Å². The second kappa shape index (κ2) is 7.30. The fraction of sp³-hybridized carbons (Fsp3) is 0.600. The van der Waals surface area contributed by atoms with Gasteiger partial charge in [-0.1, -0.05) is 0 Å². The first kappa shape index (κ1) is 19.6. The quantitative estimate of drug-likeness (QED) is 0.778. The molecule has 1 aromatic carbocycles. The molecule has 3 heterocycles. The first-order valence-corrected chi connectivity index (χ1v) is 12.3. The maximum atomic E-state index is 13.0. The van der Waals surface area contributed by atoms with Crippen molar-refractivity contribution < 1.29 is 14.3 Å². The Morgan fingerprint density at radius 2 is 1.76 bits per heavy atom. The highest BCUT2D eigenvalue weighted by molar-refractivity contribution is 5.98.